The molecule has 2 heterocycles. The number of aryl methyl sites for hydroxylation is 1. The van der Waals surface area contributed by atoms with E-state index < -0.39 is 0 Å². The summed E-state index contributed by atoms with van der Waals surface area (Å²) in [5.74, 6) is 1.52. The van der Waals surface area contributed by atoms with E-state index in [0.717, 1.165) is 52.9 Å². The Morgan fingerprint density at radius 2 is 2.16 bits per heavy atom. The maximum absolute atomic E-state index is 12.9. The fourth-order valence-electron chi connectivity index (χ4n) is 3.19. The van der Waals surface area contributed by atoms with Gasteiger partial charge in [0.05, 0.1) is 12.3 Å². The van der Waals surface area contributed by atoms with Gasteiger partial charge < -0.3 is 15.0 Å². The first-order valence-electron chi connectivity index (χ1n) is 8.77. The summed E-state index contributed by atoms with van der Waals surface area (Å²) in [6.07, 6.45) is 1.07. The van der Waals surface area contributed by atoms with Crippen molar-refractivity contribution < 1.29 is 9.53 Å². The Kier molecular flexibility index (Phi) is 5.71. The lowest BCUT2D eigenvalue weighted by Gasteiger charge is -2.15. The van der Waals surface area contributed by atoms with Crippen molar-refractivity contribution >= 4 is 17.2 Å². The quantitative estimate of drug-likeness (QED) is 0.861. The number of hydrogen-bond donors (Lipinski definition) is 1. The maximum Gasteiger partial charge on any atom is 0.265 e. The average Bonchev–Trinajstić information content (AvgIpc) is 3.23. The number of ether oxygens (including phenoxy) is 1. The van der Waals surface area contributed by atoms with Crippen molar-refractivity contribution in [1.29, 1.82) is 0 Å². The normalized spacial score (nSPS) is 17.1. The van der Waals surface area contributed by atoms with Crippen LogP contribution in [0.5, 0.6) is 5.75 Å². The molecule has 3 rings (SSSR count). The van der Waals surface area contributed by atoms with Crippen molar-refractivity contribution in [2.45, 2.75) is 20.3 Å². The molecule has 1 aromatic heterocycles. The Morgan fingerprint density at radius 3 is 2.84 bits per heavy atom. The zero-order chi connectivity index (χ0) is 17.8. The second-order valence-corrected chi connectivity index (χ2v) is 7.35. The molecule has 2 aromatic rings. The minimum Gasteiger partial charge on any atom is -0.494 e. The van der Waals surface area contributed by atoms with Gasteiger partial charge in [0.1, 0.15) is 15.6 Å². The molecule has 134 valence electrons. The predicted molar refractivity (Wildman–Crippen MR) is 101 cm³/mol. The van der Waals surface area contributed by atoms with Crippen LogP contribution in [0.1, 0.15) is 28.7 Å². The van der Waals surface area contributed by atoms with Crippen LogP contribution in [0.25, 0.3) is 10.6 Å². The number of carbonyl (C=O) groups is 1. The summed E-state index contributed by atoms with van der Waals surface area (Å²) in [7, 11) is 1.96. The van der Waals surface area contributed by atoms with E-state index in [9.17, 15) is 4.79 Å². The van der Waals surface area contributed by atoms with Crippen LogP contribution in [-0.4, -0.2) is 49.1 Å². The number of amides is 1. The van der Waals surface area contributed by atoms with Gasteiger partial charge in [0.2, 0.25) is 0 Å². The Balaban J connectivity index is 1.75. The molecule has 0 saturated carbocycles. The van der Waals surface area contributed by atoms with E-state index in [4.69, 9.17) is 4.74 Å². The highest BCUT2D eigenvalue weighted by Gasteiger charge is 2.29. The van der Waals surface area contributed by atoms with Crippen LogP contribution in [-0.2, 0) is 0 Å². The number of thiazole rings is 1. The highest BCUT2D eigenvalue weighted by atomic mass is 32.1. The van der Waals surface area contributed by atoms with Crippen LogP contribution in [0.3, 0.4) is 0 Å². The molecule has 1 fully saturated rings. The molecule has 1 N–H and O–H groups in total. The van der Waals surface area contributed by atoms with Crippen molar-refractivity contribution in [3.63, 3.8) is 0 Å². The summed E-state index contributed by atoms with van der Waals surface area (Å²) in [5, 5.41) is 4.09. The molecule has 0 radical (unpaired) electrons. The fourth-order valence-corrected chi connectivity index (χ4v) is 4.23. The van der Waals surface area contributed by atoms with Crippen LogP contribution >= 0.6 is 11.3 Å². The van der Waals surface area contributed by atoms with E-state index in [0.29, 0.717) is 12.5 Å². The van der Waals surface area contributed by atoms with Crippen molar-refractivity contribution in [1.82, 2.24) is 15.2 Å². The van der Waals surface area contributed by atoms with Gasteiger partial charge in [-0.2, -0.15) is 0 Å². The number of likely N-dealkylation sites (tertiary alicyclic amines) is 1. The van der Waals surface area contributed by atoms with Crippen molar-refractivity contribution in [3.8, 4) is 16.3 Å². The minimum absolute atomic E-state index is 0.116. The van der Waals surface area contributed by atoms with E-state index in [1.54, 1.807) is 0 Å². The molecule has 0 unspecified atom stereocenters. The zero-order valence-corrected chi connectivity index (χ0v) is 15.9. The fraction of sp³-hybridized carbons (Fsp3) is 0.474. The zero-order valence-electron chi connectivity index (χ0n) is 15.0. The molecule has 0 bridgehead atoms. The van der Waals surface area contributed by atoms with Crippen LogP contribution in [0, 0.1) is 12.8 Å². The van der Waals surface area contributed by atoms with E-state index >= 15 is 0 Å². The molecule has 6 heteroatoms. The standard InChI is InChI=1S/C19H25N3O2S/c1-4-24-16-7-5-15(6-8-16)18-21-13(2)17(25-18)19(23)22-10-9-14(12-22)11-20-3/h5-8,14,20H,4,9-12H2,1-3H3/t14-/m0/s1. The van der Waals surface area contributed by atoms with Gasteiger partial charge in [-0.3, -0.25) is 4.79 Å². The minimum atomic E-state index is 0.116. The molecule has 25 heavy (non-hydrogen) atoms. The van der Waals surface area contributed by atoms with Gasteiger partial charge in [-0.1, -0.05) is 0 Å². The third-order valence-corrected chi connectivity index (χ3v) is 5.66. The van der Waals surface area contributed by atoms with Gasteiger partial charge in [-0.15, -0.1) is 11.3 Å². The van der Waals surface area contributed by atoms with Crippen molar-refractivity contribution in [2.75, 3.05) is 33.3 Å². The second-order valence-electron chi connectivity index (χ2n) is 6.35. The van der Waals surface area contributed by atoms with E-state index in [2.05, 4.69) is 10.3 Å². The Morgan fingerprint density at radius 1 is 1.40 bits per heavy atom. The van der Waals surface area contributed by atoms with Gasteiger partial charge in [0.25, 0.3) is 5.91 Å². The molecule has 1 saturated heterocycles. The highest BCUT2D eigenvalue weighted by Crippen LogP contribution is 2.31. The Hall–Kier alpha value is -1.92. The number of carbonyl (C=O) groups excluding carboxylic acids is 1. The molecule has 5 nitrogen and oxygen atoms in total. The van der Waals surface area contributed by atoms with Crippen LogP contribution < -0.4 is 10.1 Å². The number of rotatable bonds is 6. The summed E-state index contributed by atoms with van der Waals surface area (Å²) in [6.45, 7) is 7.16. The number of hydrogen-bond acceptors (Lipinski definition) is 5. The number of nitrogens with zero attached hydrogens (tertiary/aromatic N) is 2. The summed E-state index contributed by atoms with van der Waals surface area (Å²) >= 11 is 1.48. The van der Waals surface area contributed by atoms with E-state index in [1.165, 1.54) is 11.3 Å². The Bertz CT molecular complexity index is 727. The predicted octanol–water partition coefficient (Wildman–Crippen LogP) is 3.20. The summed E-state index contributed by atoms with van der Waals surface area (Å²) in [5.41, 5.74) is 1.83. The third-order valence-electron chi connectivity index (χ3n) is 4.47. The molecule has 0 spiro atoms. The molecular weight excluding hydrogens is 334 g/mol. The lowest BCUT2D eigenvalue weighted by Crippen LogP contribution is -2.30. The first-order valence-corrected chi connectivity index (χ1v) is 9.58. The summed E-state index contributed by atoms with van der Waals surface area (Å²) in [4.78, 5) is 20.2. The SMILES string of the molecule is CCOc1ccc(-c2nc(C)c(C(=O)N3CC[C@@H](CNC)C3)s2)cc1. The summed E-state index contributed by atoms with van der Waals surface area (Å²) in [6, 6.07) is 7.88. The molecule has 1 aromatic carbocycles. The number of aromatic nitrogens is 1. The molecular formula is C19H25N3O2S. The topological polar surface area (TPSA) is 54.5 Å². The second kappa shape index (κ2) is 7.97. The number of benzene rings is 1. The maximum atomic E-state index is 12.9. The lowest BCUT2D eigenvalue weighted by atomic mass is 10.1. The average molecular weight is 359 g/mol. The van der Waals surface area contributed by atoms with E-state index in [-0.39, 0.29) is 5.91 Å². The van der Waals surface area contributed by atoms with Crippen molar-refractivity contribution in [3.05, 3.63) is 34.8 Å². The largest absolute Gasteiger partial charge is 0.494 e. The summed E-state index contributed by atoms with van der Waals surface area (Å²) < 4.78 is 5.48. The van der Waals surface area contributed by atoms with Crippen LogP contribution in [0.4, 0.5) is 0 Å². The van der Waals surface area contributed by atoms with Gasteiger partial charge >= 0.3 is 0 Å². The Labute approximate surface area is 153 Å². The van der Waals surface area contributed by atoms with Crippen molar-refractivity contribution in [2.24, 2.45) is 5.92 Å². The first-order chi connectivity index (χ1) is 12.1. The van der Waals surface area contributed by atoms with Gasteiger partial charge in [-0.05, 0) is 64.0 Å². The monoisotopic (exact) mass is 359 g/mol. The molecule has 1 amide bonds. The molecule has 1 aliphatic heterocycles. The molecule has 1 atom stereocenters. The van der Waals surface area contributed by atoms with Gasteiger partial charge in [-0.25, -0.2) is 4.98 Å². The smallest absolute Gasteiger partial charge is 0.265 e. The highest BCUT2D eigenvalue weighted by molar-refractivity contribution is 7.17. The van der Waals surface area contributed by atoms with Gasteiger partial charge in [0, 0.05) is 18.7 Å². The number of nitrogens with one attached hydrogen (secondary N) is 1. The van der Waals surface area contributed by atoms with Crippen LogP contribution in [0.2, 0.25) is 0 Å². The van der Waals surface area contributed by atoms with Crippen LogP contribution in [0.15, 0.2) is 24.3 Å². The third kappa shape index (κ3) is 4.02. The van der Waals surface area contributed by atoms with E-state index in [1.807, 2.05) is 50.1 Å². The lowest BCUT2D eigenvalue weighted by molar-refractivity contribution is 0.0791. The first kappa shape index (κ1) is 17.9. The molecule has 0 aliphatic carbocycles. The molecule has 1 aliphatic rings. The van der Waals surface area contributed by atoms with Gasteiger partial charge in [0.15, 0.2) is 0 Å².